The summed E-state index contributed by atoms with van der Waals surface area (Å²) in [5.74, 6) is 0. The number of aliphatic hydroxyl groups excluding tert-OH is 2. The average Bonchev–Trinajstić information content (AvgIpc) is 2.66. The summed E-state index contributed by atoms with van der Waals surface area (Å²) in [6.45, 7) is 6.56. The summed E-state index contributed by atoms with van der Waals surface area (Å²) in [4.78, 5) is 0. The number of nitrogens with zero attached hydrogens (tertiary/aromatic N) is 1. The summed E-state index contributed by atoms with van der Waals surface area (Å²) in [6, 6.07) is 2.34. The van der Waals surface area contributed by atoms with Gasteiger partial charge < -0.3 is 14.8 Å². The fraction of sp³-hybridized carbons (Fsp3) is 0.765. The molecule has 1 saturated carbocycles. The van der Waals surface area contributed by atoms with Crippen molar-refractivity contribution in [1.82, 2.24) is 4.57 Å². The predicted molar refractivity (Wildman–Crippen MR) is 79.7 cm³/mol. The smallest absolute Gasteiger partial charge is 0.0812 e. The third-order valence-electron chi connectivity index (χ3n) is 5.14. The number of aryl methyl sites for hydroxylation is 1. The van der Waals surface area contributed by atoms with Gasteiger partial charge in [0.1, 0.15) is 0 Å². The van der Waals surface area contributed by atoms with Gasteiger partial charge in [-0.2, -0.15) is 0 Å². The van der Waals surface area contributed by atoms with Crippen LogP contribution in [0.5, 0.6) is 0 Å². The molecule has 0 radical (unpaired) electrons. The molecule has 112 valence electrons. The molecule has 3 rings (SSSR count). The molecule has 1 aromatic rings. The lowest BCUT2D eigenvalue weighted by Crippen LogP contribution is -2.32. The van der Waals surface area contributed by atoms with Crippen LogP contribution in [0.15, 0.2) is 6.07 Å². The molecule has 3 unspecified atom stereocenters. The highest BCUT2D eigenvalue weighted by Gasteiger charge is 2.36. The lowest BCUT2D eigenvalue weighted by Gasteiger charge is -2.37. The van der Waals surface area contributed by atoms with Gasteiger partial charge in [0.2, 0.25) is 0 Å². The number of aliphatic hydroxyl groups is 2. The second kappa shape index (κ2) is 4.88. The Hall–Kier alpha value is -0.800. The lowest BCUT2D eigenvalue weighted by atomic mass is 9.75. The highest BCUT2D eigenvalue weighted by Crippen LogP contribution is 2.44. The molecule has 2 aliphatic rings. The van der Waals surface area contributed by atoms with Gasteiger partial charge in [0, 0.05) is 17.0 Å². The molecule has 0 aliphatic heterocycles. The minimum Gasteiger partial charge on any atom is -0.391 e. The summed E-state index contributed by atoms with van der Waals surface area (Å²) < 4.78 is 2.34. The molecule has 0 amide bonds. The highest BCUT2D eigenvalue weighted by molar-refractivity contribution is 5.34. The average molecular weight is 277 g/mol. The van der Waals surface area contributed by atoms with E-state index in [1.54, 1.807) is 0 Å². The molecule has 3 heteroatoms. The largest absolute Gasteiger partial charge is 0.391 e. The van der Waals surface area contributed by atoms with Crippen LogP contribution in [0, 0.1) is 12.3 Å². The van der Waals surface area contributed by atoms with E-state index in [4.69, 9.17) is 0 Å². The lowest BCUT2D eigenvalue weighted by molar-refractivity contribution is 0.0666. The van der Waals surface area contributed by atoms with Gasteiger partial charge in [0.15, 0.2) is 0 Å². The van der Waals surface area contributed by atoms with Crippen molar-refractivity contribution < 1.29 is 10.2 Å². The molecule has 3 atom stereocenters. The molecular weight excluding hydrogens is 250 g/mol. The minimum atomic E-state index is -0.352. The molecule has 1 heterocycles. The third kappa shape index (κ3) is 2.31. The molecule has 0 spiro atoms. The molecule has 0 saturated heterocycles. The number of aromatic nitrogens is 1. The van der Waals surface area contributed by atoms with Crippen LogP contribution in [0.25, 0.3) is 0 Å². The second-order valence-corrected chi connectivity index (χ2v) is 7.54. The third-order valence-corrected chi connectivity index (χ3v) is 5.14. The maximum absolute atomic E-state index is 10.4. The zero-order chi connectivity index (χ0) is 14.5. The van der Waals surface area contributed by atoms with Crippen molar-refractivity contribution in [3.05, 3.63) is 23.0 Å². The van der Waals surface area contributed by atoms with Crippen LogP contribution in [0.4, 0.5) is 0 Å². The summed E-state index contributed by atoms with van der Waals surface area (Å²) >= 11 is 0. The zero-order valence-electron chi connectivity index (χ0n) is 12.9. The summed E-state index contributed by atoms with van der Waals surface area (Å²) in [5, 5.41) is 20.8. The molecular formula is C17H27NO2. The summed E-state index contributed by atoms with van der Waals surface area (Å²) in [6.07, 6.45) is 5.53. The standard InChI is InChI=1S/C17H27NO2/c1-11-8-12-14(9-17(2,3)10-16(12)20)18(11)13-6-4-5-7-15(13)19/h8,13,15-16,19-20H,4-7,9-10H2,1-3H3. The number of hydrogen-bond acceptors (Lipinski definition) is 2. The molecule has 2 N–H and O–H groups in total. The van der Waals surface area contributed by atoms with E-state index < -0.39 is 0 Å². The van der Waals surface area contributed by atoms with E-state index in [2.05, 4.69) is 31.4 Å². The zero-order valence-corrected chi connectivity index (χ0v) is 12.9. The van der Waals surface area contributed by atoms with Crippen LogP contribution in [0.3, 0.4) is 0 Å². The topological polar surface area (TPSA) is 45.4 Å². The normalized spacial score (nSPS) is 33.0. The first-order valence-electron chi connectivity index (χ1n) is 7.96. The summed E-state index contributed by atoms with van der Waals surface area (Å²) in [5.41, 5.74) is 3.68. The van der Waals surface area contributed by atoms with Gasteiger partial charge in [-0.15, -0.1) is 0 Å². The van der Waals surface area contributed by atoms with Gasteiger partial charge in [-0.05, 0) is 44.1 Å². The van der Waals surface area contributed by atoms with Gasteiger partial charge in [0.25, 0.3) is 0 Å². The first-order chi connectivity index (χ1) is 9.39. The number of fused-ring (bicyclic) bond motifs is 1. The predicted octanol–water partition coefficient (Wildman–Crippen LogP) is 3.28. The van der Waals surface area contributed by atoms with Gasteiger partial charge in [-0.1, -0.05) is 26.7 Å². The maximum Gasteiger partial charge on any atom is 0.0812 e. The number of hydrogen-bond donors (Lipinski definition) is 2. The maximum atomic E-state index is 10.4. The van der Waals surface area contributed by atoms with E-state index >= 15 is 0 Å². The molecule has 20 heavy (non-hydrogen) atoms. The fourth-order valence-electron chi connectivity index (χ4n) is 4.22. The molecule has 0 aromatic carbocycles. The van der Waals surface area contributed by atoms with Crippen molar-refractivity contribution in [2.24, 2.45) is 5.41 Å². The first-order valence-corrected chi connectivity index (χ1v) is 7.96. The van der Waals surface area contributed by atoms with Crippen molar-refractivity contribution in [2.45, 2.75) is 77.5 Å². The Morgan fingerprint density at radius 2 is 1.90 bits per heavy atom. The minimum absolute atomic E-state index is 0.134. The van der Waals surface area contributed by atoms with Crippen molar-refractivity contribution in [3.63, 3.8) is 0 Å². The van der Waals surface area contributed by atoms with E-state index in [1.807, 2.05) is 0 Å². The number of rotatable bonds is 1. The Morgan fingerprint density at radius 1 is 1.20 bits per heavy atom. The van der Waals surface area contributed by atoms with Crippen molar-refractivity contribution in [2.75, 3.05) is 0 Å². The van der Waals surface area contributed by atoms with E-state index in [-0.39, 0.29) is 23.7 Å². The Balaban J connectivity index is 2.04. The Labute approximate surface area is 121 Å². The van der Waals surface area contributed by atoms with Gasteiger partial charge in [-0.3, -0.25) is 0 Å². The molecule has 3 nitrogen and oxygen atoms in total. The molecule has 0 bridgehead atoms. The van der Waals surface area contributed by atoms with Crippen LogP contribution in [-0.4, -0.2) is 20.9 Å². The quantitative estimate of drug-likeness (QED) is 0.827. The van der Waals surface area contributed by atoms with E-state index in [1.165, 1.54) is 17.8 Å². The van der Waals surface area contributed by atoms with Crippen LogP contribution >= 0.6 is 0 Å². The monoisotopic (exact) mass is 277 g/mol. The molecule has 2 aliphatic carbocycles. The van der Waals surface area contributed by atoms with Crippen LogP contribution in [0.1, 0.15) is 75.0 Å². The van der Waals surface area contributed by atoms with Crippen molar-refractivity contribution >= 4 is 0 Å². The van der Waals surface area contributed by atoms with Gasteiger partial charge >= 0.3 is 0 Å². The molecule has 1 fully saturated rings. The van der Waals surface area contributed by atoms with Crippen LogP contribution in [0.2, 0.25) is 0 Å². The Bertz CT molecular complexity index is 503. The van der Waals surface area contributed by atoms with Crippen LogP contribution in [-0.2, 0) is 6.42 Å². The van der Waals surface area contributed by atoms with Crippen molar-refractivity contribution in [1.29, 1.82) is 0 Å². The van der Waals surface area contributed by atoms with E-state index in [0.717, 1.165) is 37.7 Å². The molecule has 1 aromatic heterocycles. The SMILES string of the molecule is Cc1cc2c(n1C1CCCCC1O)CC(C)(C)CC2O. The second-order valence-electron chi connectivity index (χ2n) is 7.54. The van der Waals surface area contributed by atoms with Gasteiger partial charge in [-0.25, -0.2) is 0 Å². The van der Waals surface area contributed by atoms with Crippen molar-refractivity contribution in [3.8, 4) is 0 Å². The fourth-order valence-corrected chi connectivity index (χ4v) is 4.22. The summed E-state index contributed by atoms with van der Waals surface area (Å²) in [7, 11) is 0. The Morgan fingerprint density at radius 3 is 2.60 bits per heavy atom. The highest BCUT2D eigenvalue weighted by atomic mass is 16.3. The Kier molecular flexibility index (Phi) is 3.46. The van der Waals surface area contributed by atoms with Gasteiger partial charge in [0.05, 0.1) is 18.2 Å². The van der Waals surface area contributed by atoms with Crippen LogP contribution < -0.4 is 0 Å². The van der Waals surface area contributed by atoms with E-state index in [9.17, 15) is 10.2 Å². The van der Waals surface area contributed by atoms with E-state index in [0.29, 0.717) is 0 Å². The first kappa shape index (κ1) is 14.2.